The Balaban J connectivity index is 2.37. The first kappa shape index (κ1) is 10.7. The molecule has 10 heteroatoms. The molecule has 0 fully saturated rings. The molecule has 2 N–H and O–H groups in total. The molecule has 0 bridgehead atoms. The van der Waals surface area contributed by atoms with Crippen LogP contribution in [-0.2, 0) is 7.05 Å². The second kappa shape index (κ2) is 4.00. The van der Waals surface area contributed by atoms with Crippen molar-refractivity contribution in [1.29, 1.82) is 0 Å². The van der Waals surface area contributed by atoms with E-state index in [9.17, 15) is 10.1 Å². The molecule has 2 heterocycles. The lowest BCUT2D eigenvalue weighted by molar-refractivity contribution is -0.386. The first-order valence-electron chi connectivity index (χ1n) is 4.36. The highest BCUT2D eigenvalue weighted by molar-refractivity contribution is 5.42. The molecule has 0 amide bonds. The van der Waals surface area contributed by atoms with E-state index in [0.29, 0.717) is 0 Å². The molecule has 0 atom stereocenters. The van der Waals surface area contributed by atoms with E-state index in [1.54, 1.807) is 7.05 Å². The molecule has 0 aliphatic rings. The zero-order chi connectivity index (χ0) is 12.4. The fourth-order valence-corrected chi connectivity index (χ4v) is 1.03. The van der Waals surface area contributed by atoms with Gasteiger partial charge in [0, 0.05) is 7.05 Å². The average molecular weight is 237 g/mol. The molecule has 0 saturated heterocycles. The Morgan fingerprint density at radius 2 is 2.29 bits per heavy atom. The smallest absolute Gasteiger partial charge is 0.349 e. The lowest BCUT2D eigenvalue weighted by atomic mass is 10.5. The van der Waals surface area contributed by atoms with Crippen molar-refractivity contribution in [1.82, 2.24) is 24.7 Å². The molecule has 2 rings (SSSR count). The molecular weight excluding hydrogens is 230 g/mol. The topological polar surface area (TPSA) is 135 Å². The van der Waals surface area contributed by atoms with Gasteiger partial charge in [0.25, 0.3) is 0 Å². The summed E-state index contributed by atoms with van der Waals surface area (Å²) in [4.78, 5) is 20.9. The van der Waals surface area contributed by atoms with E-state index in [4.69, 9.17) is 10.5 Å². The summed E-state index contributed by atoms with van der Waals surface area (Å²) < 4.78 is 6.44. The van der Waals surface area contributed by atoms with Crippen molar-refractivity contribution in [3.05, 3.63) is 22.6 Å². The van der Waals surface area contributed by atoms with E-state index >= 15 is 0 Å². The number of nitrogens with zero attached hydrogens (tertiary/aromatic N) is 6. The molecule has 88 valence electrons. The Morgan fingerprint density at radius 1 is 1.53 bits per heavy atom. The van der Waals surface area contributed by atoms with E-state index < -0.39 is 10.6 Å². The molecule has 2 aromatic heterocycles. The van der Waals surface area contributed by atoms with Crippen LogP contribution in [0.15, 0.2) is 12.5 Å². The second-order valence-corrected chi connectivity index (χ2v) is 2.98. The highest BCUT2D eigenvalue weighted by Gasteiger charge is 2.20. The molecule has 0 aliphatic heterocycles. The summed E-state index contributed by atoms with van der Waals surface area (Å²) in [5, 5.41) is 14.5. The quantitative estimate of drug-likeness (QED) is 0.576. The van der Waals surface area contributed by atoms with Crippen LogP contribution in [0.2, 0.25) is 0 Å². The normalized spacial score (nSPS) is 10.2. The van der Waals surface area contributed by atoms with Gasteiger partial charge in [-0.1, -0.05) is 0 Å². The highest BCUT2D eigenvalue weighted by Crippen LogP contribution is 2.26. The van der Waals surface area contributed by atoms with Crippen LogP contribution in [-0.4, -0.2) is 29.7 Å². The van der Waals surface area contributed by atoms with Crippen LogP contribution in [0.25, 0.3) is 0 Å². The van der Waals surface area contributed by atoms with Crippen LogP contribution in [0, 0.1) is 10.1 Å². The molecule has 10 nitrogen and oxygen atoms in total. The average Bonchev–Trinajstić information content (AvgIpc) is 2.63. The van der Waals surface area contributed by atoms with Gasteiger partial charge in [0.15, 0.2) is 0 Å². The molecule has 17 heavy (non-hydrogen) atoms. The predicted molar refractivity (Wildman–Crippen MR) is 54.2 cm³/mol. The second-order valence-electron chi connectivity index (χ2n) is 2.98. The first-order chi connectivity index (χ1) is 8.06. The van der Waals surface area contributed by atoms with Crippen LogP contribution in [0.3, 0.4) is 0 Å². The molecular formula is C7H7N7O3. The van der Waals surface area contributed by atoms with Crippen molar-refractivity contribution < 1.29 is 9.66 Å². The van der Waals surface area contributed by atoms with Gasteiger partial charge >= 0.3 is 17.6 Å². The van der Waals surface area contributed by atoms with E-state index in [1.807, 2.05) is 0 Å². The molecule has 0 aliphatic carbocycles. The Hall–Kier alpha value is -2.78. The summed E-state index contributed by atoms with van der Waals surface area (Å²) in [6, 6.07) is -0.0614. The van der Waals surface area contributed by atoms with Gasteiger partial charge in [-0.05, 0) is 0 Å². The van der Waals surface area contributed by atoms with Crippen LogP contribution >= 0.6 is 0 Å². The number of hydrogen-bond acceptors (Lipinski definition) is 8. The van der Waals surface area contributed by atoms with E-state index in [2.05, 4.69) is 20.1 Å². The maximum atomic E-state index is 10.7. The number of nitrogen functional groups attached to an aromatic ring is 1. The first-order valence-corrected chi connectivity index (χ1v) is 4.36. The van der Waals surface area contributed by atoms with Gasteiger partial charge in [-0.25, -0.2) is 4.98 Å². The van der Waals surface area contributed by atoms with Crippen molar-refractivity contribution in [2.45, 2.75) is 0 Å². The molecule has 2 aromatic rings. The van der Waals surface area contributed by atoms with Gasteiger partial charge in [-0.15, -0.1) is 5.10 Å². The lowest BCUT2D eigenvalue weighted by Gasteiger charge is -2.00. The predicted octanol–water partition coefficient (Wildman–Crippen LogP) is -0.112. The Kier molecular flexibility index (Phi) is 2.52. The Bertz CT molecular complexity index is 566. The summed E-state index contributed by atoms with van der Waals surface area (Å²) >= 11 is 0. The zero-order valence-electron chi connectivity index (χ0n) is 8.64. The summed E-state index contributed by atoms with van der Waals surface area (Å²) in [5.74, 6) is -0.435. The van der Waals surface area contributed by atoms with Gasteiger partial charge in [0.2, 0.25) is 5.95 Å². The minimum absolute atomic E-state index is 0.0614. The lowest BCUT2D eigenvalue weighted by Crippen LogP contribution is -2.02. The molecule has 0 aromatic carbocycles. The fourth-order valence-electron chi connectivity index (χ4n) is 1.03. The minimum Gasteiger partial charge on any atom is -0.397 e. The van der Waals surface area contributed by atoms with Gasteiger partial charge in [0.1, 0.15) is 12.5 Å². The number of nitrogens with two attached hydrogens (primary N) is 1. The maximum Gasteiger partial charge on any atom is 0.349 e. The zero-order valence-corrected chi connectivity index (χ0v) is 8.64. The SMILES string of the molecule is Cn1cnc(Oc2nc(N)ncc2[N+](=O)[O-])n1. The van der Waals surface area contributed by atoms with E-state index in [0.717, 1.165) is 6.20 Å². The van der Waals surface area contributed by atoms with Crippen molar-refractivity contribution in [2.24, 2.45) is 7.05 Å². The highest BCUT2D eigenvalue weighted by atomic mass is 16.6. The summed E-state index contributed by atoms with van der Waals surface area (Å²) in [6.07, 6.45) is 2.34. The van der Waals surface area contributed by atoms with Crippen LogP contribution in [0.5, 0.6) is 11.9 Å². The van der Waals surface area contributed by atoms with Crippen LogP contribution in [0.4, 0.5) is 11.6 Å². The monoisotopic (exact) mass is 237 g/mol. The third-order valence-electron chi connectivity index (χ3n) is 1.72. The number of nitro groups is 1. The standard InChI is InChI=1S/C7H7N7O3/c1-13-3-10-7(12-13)17-5-4(14(15)16)2-9-6(8)11-5/h2-3H,1H3,(H2,8,9,11). The summed E-state index contributed by atoms with van der Waals surface area (Å²) in [6.45, 7) is 0. The number of ether oxygens (including phenoxy) is 1. The van der Waals surface area contributed by atoms with E-state index in [1.165, 1.54) is 11.0 Å². The number of aryl methyl sites for hydroxylation is 1. The van der Waals surface area contributed by atoms with E-state index in [-0.39, 0.29) is 17.8 Å². The number of aromatic nitrogens is 5. The van der Waals surface area contributed by atoms with Gasteiger partial charge in [0.05, 0.1) is 4.92 Å². The maximum absolute atomic E-state index is 10.7. The van der Waals surface area contributed by atoms with Crippen molar-refractivity contribution in [2.75, 3.05) is 5.73 Å². The molecule has 0 unspecified atom stereocenters. The number of anilines is 1. The van der Waals surface area contributed by atoms with Crippen molar-refractivity contribution >= 4 is 11.6 Å². The van der Waals surface area contributed by atoms with Gasteiger partial charge < -0.3 is 10.5 Å². The summed E-state index contributed by atoms with van der Waals surface area (Å²) in [5.41, 5.74) is 4.91. The minimum atomic E-state index is -0.683. The third-order valence-corrected chi connectivity index (χ3v) is 1.72. The number of hydrogen-bond donors (Lipinski definition) is 1. The number of rotatable bonds is 3. The Morgan fingerprint density at radius 3 is 2.88 bits per heavy atom. The van der Waals surface area contributed by atoms with Crippen molar-refractivity contribution in [3.8, 4) is 11.9 Å². The fraction of sp³-hybridized carbons (Fsp3) is 0.143. The van der Waals surface area contributed by atoms with Crippen LogP contribution < -0.4 is 10.5 Å². The third kappa shape index (κ3) is 2.25. The van der Waals surface area contributed by atoms with Gasteiger partial charge in [-0.2, -0.15) is 9.97 Å². The van der Waals surface area contributed by atoms with Crippen LogP contribution in [0.1, 0.15) is 0 Å². The molecule has 0 radical (unpaired) electrons. The summed E-state index contributed by atoms with van der Waals surface area (Å²) in [7, 11) is 1.63. The van der Waals surface area contributed by atoms with Crippen molar-refractivity contribution in [3.63, 3.8) is 0 Å². The molecule has 0 spiro atoms. The molecule has 0 saturated carbocycles. The largest absolute Gasteiger partial charge is 0.397 e. The Labute approximate surface area is 94.2 Å². The van der Waals surface area contributed by atoms with Gasteiger partial charge in [-0.3, -0.25) is 14.8 Å².